The van der Waals surface area contributed by atoms with Gasteiger partial charge < -0.3 is 14.8 Å². The van der Waals surface area contributed by atoms with Gasteiger partial charge in [-0.05, 0) is 42.1 Å². The van der Waals surface area contributed by atoms with Crippen LogP contribution in [0.1, 0.15) is 12.5 Å². The molecule has 156 valence electrons. The molecular weight excluding hydrogens is 430 g/mol. The standard InChI is InChI=1S/C23H19N3O3S2/c1-14(22(27)24-12-15-8-9-18-19(11-15)29-13-28-18)31-23-16-5-2-3-6-17(16)25-21(26-23)20-7-4-10-30-20/h2-11,14H,12-13H2,1H3,(H,24,27)/t14-/m1/s1. The number of carbonyl (C=O) groups is 1. The molecule has 1 atom stereocenters. The van der Waals surface area contributed by atoms with Gasteiger partial charge in [0.25, 0.3) is 0 Å². The molecule has 1 amide bonds. The van der Waals surface area contributed by atoms with Crippen molar-refractivity contribution in [2.24, 2.45) is 0 Å². The van der Waals surface area contributed by atoms with E-state index in [0.717, 1.165) is 32.1 Å². The number of ether oxygens (including phenoxy) is 2. The van der Waals surface area contributed by atoms with Crippen molar-refractivity contribution < 1.29 is 14.3 Å². The number of benzene rings is 2. The Morgan fingerprint density at radius 2 is 2.00 bits per heavy atom. The second-order valence-corrected chi connectivity index (χ2v) is 9.29. The lowest BCUT2D eigenvalue weighted by molar-refractivity contribution is -0.120. The van der Waals surface area contributed by atoms with Gasteiger partial charge in [0.2, 0.25) is 12.7 Å². The lowest BCUT2D eigenvalue weighted by Crippen LogP contribution is -2.30. The number of fused-ring (bicyclic) bond motifs is 2. The van der Waals surface area contributed by atoms with E-state index < -0.39 is 0 Å². The number of hydrogen-bond acceptors (Lipinski definition) is 7. The number of amides is 1. The molecule has 31 heavy (non-hydrogen) atoms. The molecule has 1 aliphatic rings. The van der Waals surface area contributed by atoms with Crippen molar-refractivity contribution in [2.75, 3.05) is 6.79 Å². The minimum absolute atomic E-state index is 0.0527. The van der Waals surface area contributed by atoms with Crippen molar-refractivity contribution in [1.29, 1.82) is 0 Å². The van der Waals surface area contributed by atoms with Gasteiger partial charge in [0.1, 0.15) is 5.03 Å². The first-order chi connectivity index (χ1) is 15.2. The summed E-state index contributed by atoms with van der Waals surface area (Å²) in [4.78, 5) is 23.3. The van der Waals surface area contributed by atoms with Crippen molar-refractivity contribution in [1.82, 2.24) is 15.3 Å². The molecule has 4 aromatic rings. The number of thioether (sulfide) groups is 1. The SMILES string of the molecule is C[C@@H](Sc1nc(-c2cccs2)nc2ccccc12)C(=O)NCc1ccc2c(c1)OCO2. The Labute approximate surface area is 187 Å². The quantitative estimate of drug-likeness (QED) is 0.334. The molecule has 1 N–H and O–H groups in total. The summed E-state index contributed by atoms with van der Waals surface area (Å²) in [7, 11) is 0. The first kappa shape index (κ1) is 19.8. The molecule has 0 saturated heterocycles. The van der Waals surface area contributed by atoms with Gasteiger partial charge in [-0.3, -0.25) is 4.79 Å². The fourth-order valence-electron chi connectivity index (χ4n) is 3.26. The number of thiophene rings is 1. The van der Waals surface area contributed by atoms with Crippen molar-refractivity contribution in [3.8, 4) is 22.2 Å². The normalized spacial score (nSPS) is 13.3. The lowest BCUT2D eigenvalue weighted by atomic mass is 10.2. The number of rotatable bonds is 6. The summed E-state index contributed by atoms with van der Waals surface area (Å²) in [6.07, 6.45) is 0. The Balaban J connectivity index is 1.32. The van der Waals surface area contributed by atoms with E-state index in [1.165, 1.54) is 11.8 Å². The van der Waals surface area contributed by atoms with Crippen molar-refractivity contribution >= 4 is 39.9 Å². The molecule has 5 rings (SSSR count). The fraction of sp³-hybridized carbons (Fsp3) is 0.174. The average Bonchev–Trinajstić information content (AvgIpc) is 3.49. The Morgan fingerprint density at radius 3 is 2.87 bits per heavy atom. The van der Waals surface area contributed by atoms with E-state index in [9.17, 15) is 4.79 Å². The van der Waals surface area contributed by atoms with Gasteiger partial charge >= 0.3 is 0 Å². The second kappa shape index (κ2) is 8.56. The van der Waals surface area contributed by atoms with Crippen LogP contribution < -0.4 is 14.8 Å². The smallest absolute Gasteiger partial charge is 0.233 e. The number of aromatic nitrogens is 2. The summed E-state index contributed by atoms with van der Waals surface area (Å²) in [6.45, 7) is 2.55. The highest BCUT2D eigenvalue weighted by Crippen LogP contribution is 2.33. The van der Waals surface area contributed by atoms with Gasteiger partial charge in [0.05, 0.1) is 15.6 Å². The van der Waals surface area contributed by atoms with Crippen LogP contribution in [0.2, 0.25) is 0 Å². The Kier molecular flexibility index (Phi) is 5.48. The summed E-state index contributed by atoms with van der Waals surface area (Å²) >= 11 is 3.04. The maximum absolute atomic E-state index is 12.8. The van der Waals surface area contributed by atoms with Crippen LogP contribution in [-0.2, 0) is 11.3 Å². The van der Waals surface area contributed by atoms with E-state index in [1.807, 2.05) is 66.9 Å². The van der Waals surface area contributed by atoms with E-state index in [-0.39, 0.29) is 18.0 Å². The summed E-state index contributed by atoms with van der Waals surface area (Å²) in [5.74, 6) is 2.08. The lowest BCUT2D eigenvalue weighted by Gasteiger charge is -2.14. The third-order valence-electron chi connectivity index (χ3n) is 4.87. The van der Waals surface area contributed by atoms with Crippen molar-refractivity contribution in [2.45, 2.75) is 23.7 Å². The number of para-hydroxylation sites is 1. The molecule has 0 spiro atoms. The molecule has 0 unspecified atom stereocenters. The molecule has 0 fully saturated rings. The zero-order valence-electron chi connectivity index (χ0n) is 16.7. The van der Waals surface area contributed by atoms with Crippen LogP contribution in [0, 0.1) is 0 Å². The summed E-state index contributed by atoms with van der Waals surface area (Å²) in [5, 5.41) is 6.45. The number of nitrogens with zero attached hydrogens (tertiary/aromatic N) is 2. The molecule has 0 radical (unpaired) electrons. The highest BCUT2D eigenvalue weighted by atomic mass is 32.2. The molecule has 3 heterocycles. The third-order valence-corrected chi connectivity index (χ3v) is 6.84. The largest absolute Gasteiger partial charge is 0.454 e. The first-order valence-electron chi connectivity index (χ1n) is 9.81. The Bertz CT molecular complexity index is 1240. The van der Waals surface area contributed by atoms with E-state index in [4.69, 9.17) is 19.4 Å². The van der Waals surface area contributed by atoms with Crippen LogP contribution in [0.15, 0.2) is 65.0 Å². The monoisotopic (exact) mass is 449 g/mol. The van der Waals surface area contributed by atoms with Crippen LogP contribution in [-0.4, -0.2) is 27.9 Å². The van der Waals surface area contributed by atoms with Gasteiger partial charge in [-0.25, -0.2) is 9.97 Å². The number of nitrogens with one attached hydrogen (secondary N) is 1. The van der Waals surface area contributed by atoms with Gasteiger partial charge in [0.15, 0.2) is 17.3 Å². The molecule has 0 saturated carbocycles. The first-order valence-corrected chi connectivity index (χ1v) is 11.6. The number of hydrogen-bond donors (Lipinski definition) is 1. The van der Waals surface area contributed by atoms with E-state index in [1.54, 1.807) is 11.3 Å². The maximum atomic E-state index is 12.8. The van der Waals surface area contributed by atoms with Crippen LogP contribution in [0.3, 0.4) is 0 Å². The van der Waals surface area contributed by atoms with Crippen LogP contribution in [0.4, 0.5) is 0 Å². The Hall–Kier alpha value is -3.10. The average molecular weight is 450 g/mol. The predicted molar refractivity (Wildman–Crippen MR) is 123 cm³/mol. The van der Waals surface area contributed by atoms with Crippen LogP contribution in [0.25, 0.3) is 21.6 Å². The van der Waals surface area contributed by atoms with Crippen LogP contribution >= 0.6 is 23.1 Å². The zero-order chi connectivity index (χ0) is 21.2. The molecule has 1 aliphatic heterocycles. The van der Waals surface area contributed by atoms with Crippen molar-refractivity contribution in [3.63, 3.8) is 0 Å². The van der Waals surface area contributed by atoms with Crippen molar-refractivity contribution in [3.05, 3.63) is 65.5 Å². The zero-order valence-corrected chi connectivity index (χ0v) is 18.3. The van der Waals surface area contributed by atoms with Gasteiger partial charge in [0, 0.05) is 11.9 Å². The van der Waals surface area contributed by atoms with Gasteiger partial charge in [-0.1, -0.05) is 42.1 Å². The summed E-state index contributed by atoms with van der Waals surface area (Å²) < 4.78 is 10.7. The Morgan fingerprint density at radius 1 is 1.13 bits per heavy atom. The highest BCUT2D eigenvalue weighted by Gasteiger charge is 2.19. The summed E-state index contributed by atoms with van der Waals surface area (Å²) in [6, 6.07) is 17.6. The number of carbonyl (C=O) groups excluding carboxylic acids is 1. The fourth-order valence-corrected chi connectivity index (χ4v) is 4.88. The molecular formula is C23H19N3O3S2. The van der Waals surface area contributed by atoms with E-state index in [0.29, 0.717) is 18.1 Å². The highest BCUT2D eigenvalue weighted by molar-refractivity contribution is 8.00. The van der Waals surface area contributed by atoms with E-state index in [2.05, 4.69) is 5.32 Å². The molecule has 2 aromatic carbocycles. The molecule has 8 heteroatoms. The third kappa shape index (κ3) is 4.22. The van der Waals surface area contributed by atoms with E-state index >= 15 is 0 Å². The molecule has 0 bridgehead atoms. The predicted octanol–water partition coefficient (Wildman–Crippen LogP) is 4.88. The van der Waals surface area contributed by atoms with Crippen LogP contribution in [0.5, 0.6) is 11.5 Å². The minimum Gasteiger partial charge on any atom is -0.454 e. The minimum atomic E-state index is -0.316. The topological polar surface area (TPSA) is 73.3 Å². The maximum Gasteiger partial charge on any atom is 0.233 e. The van der Waals surface area contributed by atoms with Gasteiger partial charge in [-0.15, -0.1) is 11.3 Å². The van der Waals surface area contributed by atoms with Gasteiger partial charge in [-0.2, -0.15) is 0 Å². The molecule has 6 nitrogen and oxygen atoms in total. The summed E-state index contributed by atoms with van der Waals surface area (Å²) in [5.41, 5.74) is 1.83. The molecule has 2 aromatic heterocycles. The molecule has 0 aliphatic carbocycles. The second-order valence-electron chi connectivity index (χ2n) is 7.01.